The highest BCUT2D eigenvalue weighted by atomic mass is 35.7. The van der Waals surface area contributed by atoms with Crippen LogP contribution in [0.15, 0.2) is 30.5 Å². The molecule has 1 aromatic rings. The van der Waals surface area contributed by atoms with Gasteiger partial charge in [-0.2, -0.15) is 0 Å². The zero-order valence-electron chi connectivity index (χ0n) is 7.46. The lowest BCUT2D eigenvalue weighted by Crippen LogP contribution is -2.81. The average Bonchev–Trinajstić information content (AvgIpc) is 2.16. The Hall–Kier alpha value is -1.15. The van der Waals surface area contributed by atoms with E-state index in [4.69, 9.17) is 23.5 Å². The fourth-order valence-corrected chi connectivity index (χ4v) is 0.981. The largest absolute Gasteiger partial charge is 0.313 e. The standard InChI is InChI=1S/C8H7NO.ClHO4/c1-2-4-8-7(3-1)5-6-9-10-8;2-1(3,4)5/h1-6,9H;(H,2,3,4,5). The van der Waals surface area contributed by atoms with Crippen molar-refractivity contribution in [3.05, 3.63) is 36.0 Å². The quantitative estimate of drug-likeness (QED) is 0.487. The third kappa shape index (κ3) is 5.33. The number of nitrogens with two attached hydrogens (primary N) is 1. The lowest BCUT2D eigenvalue weighted by Gasteiger charge is -2.17. The van der Waals surface area contributed by atoms with Crippen molar-refractivity contribution in [3.8, 4) is 5.75 Å². The van der Waals surface area contributed by atoms with Crippen molar-refractivity contribution >= 4 is 6.08 Å². The number of halogens is 1. The molecule has 1 aromatic carbocycles. The first-order valence-corrected chi connectivity index (χ1v) is 5.07. The molecule has 0 saturated heterocycles. The van der Waals surface area contributed by atoms with Gasteiger partial charge in [0, 0.05) is 11.6 Å². The predicted octanol–water partition coefficient (Wildman–Crippen LogP) is -4.23. The van der Waals surface area contributed by atoms with E-state index in [-0.39, 0.29) is 0 Å². The molecule has 1 aliphatic rings. The molecule has 0 aliphatic carbocycles. The van der Waals surface area contributed by atoms with E-state index in [1.807, 2.05) is 36.5 Å². The number of hydrogen-bond acceptors (Lipinski definition) is 5. The van der Waals surface area contributed by atoms with Crippen molar-refractivity contribution < 1.29 is 39.2 Å². The number of hydroxylamine groups is 1. The topological polar surface area (TPSA) is 118 Å². The molecule has 0 bridgehead atoms. The molecule has 0 saturated carbocycles. The molecular formula is C8H8ClNO5. The van der Waals surface area contributed by atoms with Crippen molar-refractivity contribution in [1.29, 1.82) is 0 Å². The molecular weight excluding hydrogens is 226 g/mol. The minimum Gasteiger partial charge on any atom is -0.313 e. The van der Waals surface area contributed by atoms with Gasteiger partial charge in [-0.1, -0.05) is 18.2 Å². The van der Waals surface area contributed by atoms with E-state index in [0.29, 0.717) is 0 Å². The van der Waals surface area contributed by atoms with Crippen LogP contribution < -0.4 is 29.0 Å². The maximum absolute atomic E-state index is 8.49. The second kappa shape index (κ2) is 5.08. The maximum atomic E-state index is 8.49. The summed E-state index contributed by atoms with van der Waals surface area (Å²) in [5, 5.41) is 0. The van der Waals surface area contributed by atoms with Crippen molar-refractivity contribution in [1.82, 2.24) is 0 Å². The summed E-state index contributed by atoms with van der Waals surface area (Å²) in [6, 6.07) is 7.94. The third-order valence-corrected chi connectivity index (χ3v) is 1.47. The van der Waals surface area contributed by atoms with Crippen LogP contribution in [-0.4, -0.2) is 0 Å². The second-order valence-electron chi connectivity index (χ2n) is 2.53. The smallest absolute Gasteiger partial charge is 0.197 e. The van der Waals surface area contributed by atoms with Crippen molar-refractivity contribution in [3.63, 3.8) is 0 Å². The van der Waals surface area contributed by atoms with E-state index in [1.165, 1.54) is 0 Å². The van der Waals surface area contributed by atoms with Gasteiger partial charge >= 0.3 is 0 Å². The Bertz CT molecular complexity index is 343. The van der Waals surface area contributed by atoms with E-state index in [2.05, 4.69) is 0 Å². The van der Waals surface area contributed by atoms with Crippen LogP contribution in [0.2, 0.25) is 0 Å². The number of quaternary nitrogens is 1. The molecule has 0 radical (unpaired) electrons. The lowest BCUT2D eigenvalue weighted by atomic mass is 10.2. The zero-order valence-corrected chi connectivity index (χ0v) is 8.22. The van der Waals surface area contributed by atoms with Gasteiger partial charge in [0.1, 0.15) is 6.20 Å². The normalized spacial score (nSPS) is 13.3. The van der Waals surface area contributed by atoms with Crippen LogP contribution in [0, 0.1) is 10.2 Å². The second-order valence-corrected chi connectivity index (χ2v) is 3.28. The zero-order chi connectivity index (χ0) is 11.3. The van der Waals surface area contributed by atoms with Crippen LogP contribution in [0.25, 0.3) is 6.08 Å². The van der Waals surface area contributed by atoms with Gasteiger partial charge < -0.3 is 4.84 Å². The average molecular weight is 234 g/mol. The van der Waals surface area contributed by atoms with Gasteiger partial charge in [0.25, 0.3) is 0 Å². The van der Waals surface area contributed by atoms with Gasteiger partial charge in [0.15, 0.2) is 5.75 Å². The Morgan fingerprint density at radius 3 is 2.27 bits per heavy atom. The lowest BCUT2D eigenvalue weighted by molar-refractivity contribution is -2.00. The molecule has 0 unspecified atom stereocenters. The molecule has 1 heterocycles. The van der Waals surface area contributed by atoms with Crippen LogP contribution in [0.5, 0.6) is 5.75 Å². The Morgan fingerprint density at radius 2 is 1.67 bits per heavy atom. The highest BCUT2D eigenvalue weighted by molar-refractivity contribution is 5.56. The summed E-state index contributed by atoms with van der Waals surface area (Å²) in [4.78, 5) is 5.21. The number of fused-ring (bicyclic) bond motifs is 1. The van der Waals surface area contributed by atoms with E-state index >= 15 is 0 Å². The Balaban J connectivity index is 0.000000195. The summed E-state index contributed by atoms with van der Waals surface area (Å²) < 4.78 is 34.0. The molecule has 0 atom stereocenters. The van der Waals surface area contributed by atoms with Crippen molar-refractivity contribution in [2.24, 2.45) is 0 Å². The molecule has 0 spiro atoms. The number of rotatable bonds is 0. The van der Waals surface area contributed by atoms with Crippen molar-refractivity contribution in [2.45, 2.75) is 0 Å². The van der Waals surface area contributed by atoms with Crippen LogP contribution in [0.1, 0.15) is 5.56 Å². The molecule has 7 heteroatoms. The summed E-state index contributed by atoms with van der Waals surface area (Å²) in [6.07, 6.45) is 3.92. The first kappa shape index (κ1) is 11.9. The van der Waals surface area contributed by atoms with E-state index in [0.717, 1.165) is 11.3 Å². The molecule has 82 valence electrons. The number of para-hydroxylation sites is 1. The molecule has 15 heavy (non-hydrogen) atoms. The summed E-state index contributed by atoms with van der Waals surface area (Å²) >= 11 is 0. The van der Waals surface area contributed by atoms with Crippen LogP contribution in [0.3, 0.4) is 0 Å². The highest BCUT2D eigenvalue weighted by Crippen LogP contribution is 2.18. The van der Waals surface area contributed by atoms with Gasteiger partial charge in [-0.3, -0.25) is 0 Å². The number of hydrogen-bond donors (Lipinski definition) is 1. The fourth-order valence-electron chi connectivity index (χ4n) is 0.981. The van der Waals surface area contributed by atoms with Gasteiger partial charge in [-0.25, -0.2) is 18.6 Å². The SMILES string of the molecule is C1=Cc2ccccc2O[NH2+]1.[O-][Cl+3]([O-])([O-])[O-]. The Labute approximate surface area is 87.7 Å². The Morgan fingerprint density at radius 1 is 1.07 bits per heavy atom. The molecule has 0 aromatic heterocycles. The minimum atomic E-state index is -4.94. The van der Waals surface area contributed by atoms with Gasteiger partial charge in [-0.05, 0) is 6.07 Å². The van der Waals surface area contributed by atoms with Crippen LogP contribution in [0.4, 0.5) is 0 Å². The van der Waals surface area contributed by atoms with Crippen LogP contribution in [-0.2, 0) is 0 Å². The van der Waals surface area contributed by atoms with Gasteiger partial charge in [0.05, 0.1) is 0 Å². The summed E-state index contributed by atoms with van der Waals surface area (Å²) in [7, 11) is -4.94. The van der Waals surface area contributed by atoms with E-state index in [1.54, 1.807) is 5.48 Å². The summed E-state index contributed by atoms with van der Waals surface area (Å²) in [5.41, 5.74) is 2.83. The Kier molecular flexibility index (Phi) is 4.04. The summed E-state index contributed by atoms with van der Waals surface area (Å²) in [6.45, 7) is 0. The number of benzene rings is 1. The third-order valence-electron chi connectivity index (χ3n) is 1.47. The molecule has 6 nitrogen and oxygen atoms in total. The minimum absolute atomic E-state index is 0.935. The van der Waals surface area contributed by atoms with Gasteiger partial charge in [-0.15, -0.1) is 15.7 Å². The molecule has 0 fully saturated rings. The predicted molar refractivity (Wildman–Crippen MR) is 38.0 cm³/mol. The van der Waals surface area contributed by atoms with Crippen LogP contribution >= 0.6 is 0 Å². The first-order chi connectivity index (χ1) is 6.97. The van der Waals surface area contributed by atoms with Gasteiger partial charge in [0.2, 0.25) is 0 Å². The maximum Gasteiger partial charge on any atom is 0.197 e. The fraction of sp³-hybridized carbons (Fsp3) is 0. The highest BCUT2D eigenvalue weighted by Gasteiger charge is 2.04. The summed E-state index contributed by atoms with van der Waals surface area (Å²) in [5.74, 6) is 0.935. The molecule has 0 amide bonds. The van der Waals surface area contributed by atoms with E-state index in [9.17, 15) is 0 Å². The molecule has 2 rings (SSSR count). The monoisotopic (exact) mass is 233 g/mol. The molecule has 1 aliphatic heterocycles. The van der Waals surface area contributed by atoms with E-state index < -0.39 is 10.2 Å². The first-order valence-electron chi connectivity index (χ1n) is 3.84. The van der Waals surface area contributed by atoms with Crippen molar-refractivity contribution in [2.75, 3.05) is 0 Å². The molecule has 2 N–H and O–H groups in total.